The van der Waals surface area contributed by atoms with E-state index in [2.05, 4.69) is 200 Å². The van der Waals surface area contributed by atoms with Gasteiger partial charge in [0.1, 0.15) is 0 Å². The second-order valence-corrected chi connectivity index (χ2v) is 16.3. The molecule has 0 radical (unpaired) electrons. The summed E-state index contributed by atoms with van der Waals surface area (Å²) in [5.41, 5.74) is 7.83. The number of allylic oxidation sites excluding steroid dienone is 7. The minimum atomic E-state index is -0.263. The molecule has 5 aromatic rings. The molecule has 4 heteroatoms. The Hall–Kier alpha value is -5.19. The Morgan fingerprint density at radius 1 is 0.800 bits per heavy atom. The Bertz CT molecular complexity index is 2150. The predicted molar refractivity (Wildman–Crippen MR) is 241 cm³/mol. The first-order valence-electron chi connectivity index (χ1n) is 20.1. The lowest BCUT2D eigenvalue weighted by Gasteiger charge is -2.29. The summed E-state index contributed by atoms with van der Waals surface area (Å²) in [6, 6.07) is 43.4. The average Bonchev–Trinajstić information content (AvgIpc) is 3.58. The molecule has 0 aromatic heterocycles. The number of para-hydroxylation sites is 3. The van der Waals surface area contributed by atoms with Gasteiger partial charge in [0.15, 0.2) is 0 Å². The fourth-order valence-corrected chi connectivity index (χ4v) is 9.11. The van der Waals surface area contributed by atoms with Crippen LogP contribution in [-0.2, 0) is 5.41 Å². The van der Waals surface area contributed by atoms with Crippen LogP contribution in [0.1, 0.15) is 64.9 Å². The fraction of sp³-hybridized carbons (Fsp3) is 0.255. The number of anilines is 4. The lowest BCUT2D eigenvalue weighted by Crippen LogP contribution is -2.27. The number of benzene rings is 5. The van der Waals surface area contributed by atoms with Crippen LogP contribution in [0.3, 0.4) is 0 Å². The fourth-order valence-electron chi connectivity index (χ4n) is 7.89. The summed E-state index contributed by atoms with van der Waals surface area (Å²) in [4.78, 5) is 6.30. The van der Waals surface area contributed by atoms with E-state index in [4.69, 9.17) is 0 Å². The van der Waals surface area contributed by atoms with Crippen molar-refractivity contribution in [3.63, 3.8) is 0 Å². The third-order valence-corrected chi connectivity index (χ3v) is 12.3. The number of thioether (sulfide) groups is 1. The number of fused-ring (bicyclic) bond motifs is 3. The van der Waals surface area contributed by atoms with Gasteiger partial charge in [0, 0.05) is 46.2 Å². The molecule has 3 nitrogen and oxygen atoms in total. The molecular weight excluding hydrogens is 687 g/mol. The van der Waals surface area contributed by atoms with Crippen LogP contribution in [0, 0.1) is 5.92 Å². The SMILES string of the molecule is C=C(/C=C/C=C(/C=C/C=C1\Sc2c(ccc3ccccc23)N1CC1CCCCC1)N(c1ccccc1)c1ccccc1)C(C)(C)c1ccccc1NCCC. The van der Waals surface area contributed by atoms with Gasteiger partial charge < -0.3 is 15.1 Å². The van der Waals surface area contributed by atoms with Crippen molar-refractivity contribution in [1.29, 1.82) is 0 Å². The molecule has 1 fully saturated rings. The van der Waals surface area contributed by atoms with Gasteiger partial charge in [0.2, 0.25) is 0 Å². The Labute approximate surface area is 333 Å². The van der Waals surface area contributed by atoms with E-state index in [9.17, 15) is 0 Å². The van der Waals surface area contributed by atoms with Gasteiger partial charge in [-0.1, -0.05) is 162 Å². The number of nitrogens with one attached hydrogen (secondary N) is 1. The largest absolute Gasteiger partial charge is 0.385 e. The van der Waals surface area contributed by atoms with Crippen molar-refractivity contribution >= 4 is 45.3 Å². The minimum absolute atomic E-state index is 0.263. The van der Waals surface area contributed by atoms with Crippen molar-refractivity contribution in [2.45, 2.75) is 69.6 Å². The van der Waals surface area contributed by atoms with Crippen molar-refractivity contribution in [2.75, 3.05) is 28.2 Å². The van der Waals surface area contributed by atoms with E-state index in [1.165, 1.54) is 69.7 Å². The highest BCUT2D eigenvalue weighted by Crippen LogP contribution is 2.50. The zero-order chi connectivity index (χ0) is 38.0. The van der Waals surface area contributed by atoms with Gasteiger partial charge in [-0.2, -0.15) is 0 Å². The van der Waals surface area contributed by atoms with Crippen LogP contribution in [0.25, 0.3) is 10.8 Å². The van der Waals surface area contributed by atoms with E-state index in [1.807, 2.05) is 11.8 Å². The van der Waals surface area contributed by atoms with Crippen LogP contribution in [0.2, 0.25) is 0 Å². The monoisotopic (exact) mass is 741 g/mol. The van der Waals surface area contributed by atoms with Crippen LogP contribution in [0.5, 0.6) is 0 Å². The molecule has 1 saturated carbocycles. The highest BCUT2D eigenvalue weighted by molar-refractivity contribution is 8.04. The van der Waals surface area contributed by atoms with Gasteiger partial charge in [-0.05, 0) is 102 Å². The molecule has 1 aliphatic heterocycles. The third kappa shape index (κ3) is 8.87. The van der Waals surface area contributed by atoms with Crippen LogP contribution >= 0.6 is 11.8 Å². The van der Waals surface area contributed by atoms with E-state index in [1.54, 1.807) is 0 Å². The third-order valence-electron chi connectivity index (χ3n) is 11.1. The van der Waals surface area contributed by atoms with Crippen LogP contribution in [-0.4, -0.2) is 13.1 Å². The summed E-state index contributed by atoms with van der Waals surface area (Å²) in [6.45, 7) is 13.3. The molecule has 0 amide bonds. The first kappa shape index (κ1) is 38.1. The van der Waals surface area contributed by atoms with E-state index in [0.29, 0.717) is 0 Å². The zero-order valence-corrected chi connectivity index (χ0v) is 33.6. The molecular formula is C51H55N3S. The molecule has 0 bridgehead atoms. The van der Waals surface area contributed by atoms with Crippen molar-refractivity contribution in [2.24, 2.45) is 5.92 Å². The maximum atomic E-state index is 4.60. The highest BCUT2D eigenvalue weighted by Gasteiger charge is 2.29. The molecule has 0 saturated heterocycles. The number of nitrogens with zero attached hydrogens (tertiary/aromatic N) is 2. The van der Waals surface area contributed by atoms with Crippen molar-refractivity contribution in [3.8, 4) is 0 Å². The maximum Gasteiger partial charge on any atom is 0.0801 e. The standard InChI is InChI=1S/C51H55N3S/c1-5-37-52-47-33-18-17-32-46(47)51(3,4)39(2)21-19-29-44(54(42-25-11-7-12-26-42)43-27-13-8-14-28-43)30-20-34-49-53(38-40-22-9-6-10-23-40)48-36-35-41-24-15-16-31-45(41)50(48)55-49/h7-8,11-21,24-36,40,52H,2,5-6,9-10,22-23,37-38H2,1,3-4H3/b21-19+,30-20+,44-29-,49-34-. The lowest BCUT2D eigenvalue weighted by molar-refractivity contribution is 0.364. The van der Waals surface area contributed by atoms with E-state index < -0.39 is 0 Å². The molecule has 5 aromatic carbocycles. The van der Waals surface area contributed by atoms with Gasteiger partial charge in [0.05, 0.1) is 10.7 Å². The molecule has 2 aliphatic rings. The molecule has 1 aliphatic carbocycles. The van der Waals surface area contributed by atoms with Gasteiger partial charge >= 0.3 is 0 Å². The molecule has 0 spiro atoms. The van der Waals surface area contributed by atoms with Crippen LogP contribution in [0.15, 0.2) is 186 Å². The maximum absolute atomic E-state index is 4.60. The predicted octanol–water partition coefficient (Wildman–Crippen LogP) is 14.4. The second kappa shape index (κ2) is 18.0. The molecule has 1 N–H and O–H groups in total. The molecule has 1 heterocycles. The molecule has 7 rings (SSSR count). The highest BCUT2D eigenvalue weighted by atomic mass is 32.2. The lowest BCUT2D eigenvalue weighted by atomic mass is 9.77. The summed E-state index contributed by atoms with van der Waals surface area (Å²) in [7, 11) is 0. The van der Waals surface area contributed by atoms with Crippen molar-refractivity contribution in [1.82, 2.24) is 0 Å². The first-order valence-corrected chi connectivity index (χ1v) is 20.9. The Kier molecular flexibility index (Phi) is 12.4. The van der Waals surface area contributed by atoms with Crippen molar-refractivity contribution in [3.05, 3.63) is 186 Å². The number of hydrogen-bond acceptors (Lipinski definition) is 4. The van der Waals surface area contributed by atoms with Gasteiger partial charge in [-0.25, -0.2) is 0 Å². The summed E-state index contributed by atoms with van der Waals surface area (Å²) in [5.74, 6) is 0.720. The smallest absolute Gasteiger partial charge is 0.0801 e. The van der Waals surface area contributed by atoms with E-state index >= 15 is 0 Å². The summed E-state index contributed by atoms with van der Waals surface area (Å²) >= 11 is 1.92. The summed E-state index contributed by atoms with van der Waals surface area (Å²) in [6.07, 6.45) is 21.2. The minimum Gasteiger partial charge on any atom is -0.385 e. The van der Waals surface area contributed by atoms with Gasteiger partial charge in [0.25, 0.3) is 0 Å². The normalized spacial score (nSPS) is 16.0. The van der Waals surface area contributed by atoms with Crippen LogP contribution < -0.4 is 15.1 Å². The Morgan fingerprint density at radius 2 is 1.47 bits per heavy atom. The molecule has 55 heavy (non-hydrogen) atoms. The second-order valence-electron chi connectivity index (χ2n) is 15.3. The molecule has 280 valence electrons. The van der Waals surface area contributed by atoms with Gasteiger partial charge in [-0.15, -0.1) is 0 Å². The molecule has 0 atom stereocenters. The average molecular weight is 742 g/mol. The van der Waals surface area contributed by atoms with E-state index in [-0.39, 0.29) is 5.41 Å². The van der Waals surface area contributed by atoms with E-state index in [0.717, 1.165) is 48.1 Å². The summed E-state index contributed by atoms with van der Waals surface area (Å²) in [5, 5.41) is 7.56. The summed E-state index contributed by atoms with van der Waals surface area (Å²) < 4.78 is 0. The quantitative estimate of drug-likeness (QED) is 0.114. The topological polar surface area (TPSA) is 18.5 Å². The first-order chi connectivity index (χ1) is 26.9. The van der Waals surface area contributed by atoms with Crippen molar-refractivity contribution < 1.29 is 0 Å². The Morgan fingerprint density at radius 3 is 2.20 bits per heavy atom. The zero-order valence-electron chi connectivity index (χ0n) is 32.8. The van der Waals surface area contributed by atoms with Gasteiger partial charge in [-0.3, -0.25) is 0 Å². The number of hydrogen-bond donors (Lipinski definition) is 1. The van der Waals surface area contributed by atoms with Crippen LogP contribution in [0.4, 0.5) is 22.7 Å². The Balaban J connectivity index is 1.25. The molecule has 0 unspecified atom stereocenters. The number of rotatable bonds is 14.